The van der Waals surface area contributed by atoms with Crippen LogP contribution in [0.25, 0.3) is 0 Å². The Hall–Kier alpha value is -0.770. The number of amides is 1. The van der Waals surface area contributed by atoms with E-state index in [9.17, 15) is 4.79 Å². The maximum Gasteiger partial charge on any atom is 0.407 e. The van der Waals surface area contributed by atoms with Crippen molar-refractivity contribution in [3.63, 3.8) is 0 Å². The Morgan fingerprint density at radius 2 is 1.55 bits per heavy atom. The van der Waals surface area contributed by atoms with Gasteiger partial charge in [0, 0.05) is 18.1 Å². The summed E-state index contributed by atoms with van der Waals surface area (Å²) < 4.78 is 5.33. The lowest BCUT2D eigenvalue weighted by Crippen LogP contribution is -2.50. The molecule has 0 atom stereocenters. The molecule has 0 radical (unpaired) electrons. The number of hydrogen-bond donors (Lipinski definition) is 2. The van der Waals surface area contributed by atoms with Crippen molar-refractivity contribution in [3.05, 3.63) is 0 Å². The van der Waals surface area contributed by atoms with Gasteiger partial charge in [0.25, 0.3) is 0 Å². The van der Waals surface area contributed by atoms with Crippen LogP contribution in [0.1, 0.15) is 73.1 Å². The Labute approximate surface area is 135 Å². The van der Waals surface area contributed by atoms with E-state index in [-0.39, 0.29) is 12.1 Å². The van der Waals surface area contributed by atoms with E-state index in [1.54, 1.807) is 0 Å². The molecule has 0 aromatic rings. The summed E-state index contributed by atoms with van der Waals surface area (Å²) in [4.78, 5) is 11.8. The van der Waals surface area contributed by atoms with E-state index >= 15 is 0 Å². The van der Waals surface area contributed by atoms with Gasteiger partial charge in [-0.15, -0.1) is 0 Å². The minimum absolute atomic E-state index is 0.275. The van der Waals surface area contributed by atoms with E-state index in [2.05, 4.69) is 24.5 Å². The Morgan fingerprint density at radius 3 is 2.05 bits per heavy atom. The molecule has 0 aliphatic heterocycles. The molecule has 4 nitrogen and oxygen atoms in total. The fourth-order valence-corrected chi connectivity index (χ4v) is 3.55. The molecule has 1 amide bonds. The number of ether oxygens (including phenoxy) is 1. The van der Waals surface area contributed by atoms with Gasteiger partial charge in [-0.05, 0) is 71.1 Å². The standard InChI is InChI=1S/C18H34N2O2/c1-12(2)13-10-16(11-13)19-14-6-8-15(9-7-14)20-17(21)22-18(3,4)5/h12-16,19H,6-11H2,1-5H3,(H,20,21). The van der Waals surface area contributed by atoms with Gasteiger partial charge >= 0.3 is 6.09 Å². The second kappa shape index (κ2) is 7.20. The summed E-state index contributed by atoms with van der Waals surface area (Å²) in [5.74, 6) is 1.74. The normalized spacial score (nSPS) is 32.5. The van der Waals surface area contributed by atoms with Gasteiger partial charge in [-0.3, -0.25) is 0 Å². The molecule has 2 rings (SSSR count). The van der Waals surface area contributed by atoms with Crippen molar-refractivity contribution < 1.29 is 9.53 Å². The van der Waals surface area contributed by atoms with E-state index in [4.69, 9.17) is 4.74 Å². The van der Waals surface area contributed by atoms with Crippen LogP contribution in [0, 0.1) is 11.8 Å². The van der Waals surface area contributed by atoms with Crippen LogP contribution < -0.4 is 10.6 Å². The summed E-state index contributed by atoms with van der Waals surface area (Å²) in [6.07, 6.45) is 6.82. The van der Waals surface area contributed by atoms with Gasteiger partial charge in [0.05, 0.1) is 0 Å². The number of nitrogens with one attached hydrogen (secondary N) is 2. The average molecular weight is 310 g/mol. The largest absolute Gasteiger partial charge is 0.444 e. The Morgan fingerprint density at radius 1 is 1.00 bits per heavy atom. The molecule has 2 saturated carbocycles. The van der Waals surface area contributed by atoms with Crippen LogP contribution in [-0.2, 0) is 4.74 Å². The molecular formula is C18H34N2O2. The second-order valence-electron chi connectivity index (χ2n) is 8.53. The van der Waals surface area contributed by atoms with Crippen molar-refractivity contribution >= 4 is 6.09 Å². The zero-order chi connectivity index (χ0) is 16.3. The molecule has 2 N–H and O–H groups in total. The summed E-state index contributed by atoms with van der Waals surface area (Å²) in [7, 11) is 0. The first-order valence-corrected chi connectivity index (χ1v) is 8.98. The van der Waals surface area contributed by atoms with E-state index in [0.29, 0.717) is 6.04 Å². The Kier molecular flexibility index (Phi) is 5.76. The monoisotopic (exact) mass is 310 g/mol. The topological polar surface area (TPSA) is 50.4 Å². The summed E-state index contributed by atoms with van der Waals surface area (Å²) >= 11 is 0. The summed E-state index contributed by atoms with van der Waals surface area (Å²) in [6, 6.07) is 1.64. The van der Waals surface area contributed by atoms with Crippen LogP contribution in [0.5, 0.6) is 0 Å². The highest BCUT2D eigenvalue weighted by Crippen LogP contribution is 2.34. The molecule has 0 bridgehead atoms. The average Bonchev–Trinajstić information content (AvgIpc) is 2.32. The van der Waals surface area contributed by atoms with Gasteiger partial charge in [-0.2, -0.15) is 0 Å². The SMILES string of the molecule is CC(C)C1CC(NC2CCC(NC(=O)OC(C)(C)C)CC2)C1. The molecule has 0 heterocycles. The highest BCUT2D eigenvalue weighted by Gasteiger charge is 2.33. The predicted octanol–water partition coefficient (Wildman–Crippen LogP) is 3.85. The van der Waals surface area contributed by atoms with Gasteiger partial charge in [0.1, 0.15) is 5.60 Å². The third-order valence-corrected chi connectivity index (χ3v) is 5.04. The lowest BCUT2D eigenvalue weighted by Gasteiger charge is -2.42. The molecule has 128 valence electrons. The van der Waals surface area contributed by atoms with Crippen LogP contribution in [0.15, 0.2) is 0 Å². The molecule has 0 aromatic heterocycles. The molecule has 0 unspecified atom stereocenters. The maximum absolute atomic E-state index is 11.8. The molecule has 2 aliphatic carbocycles. The van der Waals surface area contributed by atoms with Crippen molar-refractivity contribution in [2.45, 2.75) is 96.9 Å². The molecule has 0 saturated heterocycles. The maximum atomic E-state index is 11.8. The number of carbonyl (C=O) groups is 1. The Bertz CT molecular complexity index is 362. The first-order valence-electron chi connectivity index (χ1n) is 8.98. The Balaban J connectivity index is 1.61. The van der Waals surface area contributed by atoms with Crippen LogP contribution in [0.2, 0.25) is 0 Å². The van der Waals surface area contributed by atoms with E-state index in [0.717, 1.165) is 43.6 Å². The lowest BCUT2D eigenvalue weighted by atomic mass is 9.73. The first kappa shape index (κ1) is 17.6. The van der Waals surface area contributed by atoms with Crippen molar-refractivity contribution in [3.8, 4) is 0 Å². The highest BCUT2D eigenvalue weighted by atomic mass is 16.6. The third-order valence-electron chi connectivity index (χ3n) is 5.04. The molecular weight excluding hydrogens is 276 g/mol. The smallest absolute Gasteiger partial charge is 0.407 e. The number of alkyl carbamates (subject to hydrolysis) is 1. The zero-order valence-corrected chi connectivity index (χ0v) is 14.9. The molecule has 4 heteroatoms. The van der Waals surface area contributed by atoms with Gasteiger partial charge in [0.2, 0.25) is 0 Å². The van der Waals surface area contributed by atoms with Crippen LogP contribution in [0.3, 0.4) is 0 Å². The second-order valence-corrected chi connectivity index (χ2v) is 8.53. The zero-order valence-electron chi connectivity index (χ0n) is 14.9. The quantitative estimate of drug-likeness (QED) is 0.829. The van der Waals surface area contributed by atoms with E-state index in [1.807, 2.05) is 20.8 Å². The van der Waals surface area contributed by atoms with Crippen molar-refractivity contribution in [1.29, 1.82) is 0 Å². The number of rotatable bonds is 4. The van der Waals surface area contributed by atoms with Gasteiger partial charge in [-0.25, -0.2) is 4.79 Å². The fraction of sp³-hybridized carbons (Fsp3) is 0.944. The van der Waals surface area contributed by atoms with Crippen molar-refractivity contribution in [2.75, 3.05) is 0 Å². The van der Waals surface area contributed by atoms with Crippen LogP contribution in [-0.4, -0.2) is 29.8 Å². The van der Waals surface area contributed by atoms with Gasteiger partial charge < -0.3 is 15.4 Å². The summed E-state index contributed by atoms with van der Waals surface area (Å²) in [5, 5.41) is 6.82. The minimum Gasteiger partial charge on any atom is -0.444 e. The highest BCUT2D eigenvalue weighted by molar-refractivity contribution is 5.68. The number of carbonyl (C=O) groups excluding carboxylic acids is 1. The molecule has 2 fully saturated rings. The molecule has 2 aliphatic rings. The summed E-state index contributed by atoms with van der Waals surface area (Å²) in [5.41, 5.74) is -0.417. The van der Waals surface area contributed by atoms with Crippen LogP contribution >= 0.6 is 0 Å². The fourth-order valence-electron chi connectivity index (χ4n) is 3.55. The summed E-state index contributed by atoms with van der Waals surface area (Å²) in [6.45, 7) is 10.4. The molecule has 0 spiro atoms. The molecule has 0 aromatic carbocycles. The van der Waals surface area contributed by atoms with E-state index in [1.165, 1.54) is 12.8 Å². The van der Waals surface area contributed by atoms with E-state index < -0.39 is 5.60 Å². The molecule has 22 heavy (non-hydrogen) atoms. The first-order chi connectivity index (χ1) is 10.2. The van der Waals surface area contributed by atoms with Gasteiger partial charge in [0.15, 0.2) is 0 Å². The minimum atomic E-state index is -0.417. The van der Waals surface area contributed by atoms with Crippen LogP contribution in [0.4, 0.5) is 4.79 Å². The predicted molar refractivity (Wildman–Crippen MR) is 89.9 cm³/mol. The number of hydrogen-bond acceptors (Lipinski definition) is 3. The third kappa shape index (κ3) is 5.45. The van der Waals surface area contributed by atoms with Crippen molar-refractivity contribution in [2.24, 2.45) is 11.8 Å². The van der Waals surface area contributed by atoms with Gasteiger partial charge in [-0.1, -0.05) is 13.8 Å². The van der Waals surface area contributed by atoms with Crippen molar-refractivity contribution in [1.82, 2.24) is 10.6 Å². The lowest BCUT2D eigenvalue weighted by molar-refractivity contribution is 0.0486.